The van der Waals surface area contributed by atoms with Gasteiger partial charge in [-0.25, -0.2) is 0 Å². The van der Waals surface area contributed by atoms with Crippen LogP contribution in [0, 0.1) is 6.92 Å². The number of ether oxygens (including phenoxy) is 1. The Kier molecular flexibility index (Phi) is 4.50. The van der Waals surface area contributed by atoms with Gasteiger partial charge in [-0.1, -0.05) is 0 Å². The highest BCUT2D eigenvalue weighted by molar-refractivity contribution is 5.11. The van der Waals surface area contributed by atoms with Gasteiger partial charge in [0, 0.05) is 25.3 Å². The van der Waals surface area contributed by atoms with Gasteiger partial charge in [-0.3, -0.25) is 4.68 Å². The van der Waals surface area contributed by atoms with Crippen molar-refractivity contribution in [1.29, 1.82) is 0 Å². The van der Waals surface area contributed by atoms with Gasteiger partial charge in [0.05, 0.1) is 17.9 Å². The molecule has 0 saturated carbocycles. The maximum absolute atomic E-state index is 10.2. The van der Waals surface area contributed by atoms with Gasteiger partial charge < -0.3 is 9.84 Å². The van der Waals surface area contributed by atoms with Gasteiger partial charge in [0.25, 0.3) is 0 Å². The number of aryl methyl sites for hydroxylation is 2. The van der Waals surface area contributed by atoms with Crippen molar-refractivity contribution < 1.29 is 9.84 Å². The van der Waals surface area contributed by atoms with Crippen LogP contribution in [-0.2, 0) is 17.7 Å². The fraction of sp³-hybridized carbons (Fsp3) is 0.750. The van der Waals surface area contributed by atoms with Crippen LogP contribution >= 0.6 is 0 Å². The van der Waals surface area contributed by atoms with E-state index in [1.54, 1.807) is 6.92 Å². The summed E-state index contributed by atoms with van der Waals surface area (Å²) in [6.45, 7) is 9.55. The molecule has 0 aromatic carbocycles. The van der Waals surface area contributed by atoms with Gasteiger partial charge in [0.2, 0.25) is 0 Å². The smallest absolute Gasteiger partial charge is 0.0907 e. The lowest BCUT2D eigenvalue weighted by Gasteiger charge is -2.23. The SMILES string of the molecule is CCOCC(C)(O)Cc1cc(C)nn1CC. The molecule has 1 atom stereocenters. The van der Waals surface area contributed by atoms with E-state index in [4.69, 9.17) is 4.74 Å². The van der Waals surface area contributed by atoms with Crippen molar-refractivity contribution >= 4 is 0 Å². The second-order valence-electron chi connectivity index (χ2n) is 4.40. The molecule has 0 bridgehead atoms. The molecule has 1 heterocycles. The van der Waals surface area contributed by atoms with E-state index in [9.17, 15) is 5.11 Å². The van der Waals surface area contributed by atoms with E-state index in [1.165, 1.54) is 0 Å². The fourth-order valence-corrected chi connectivity index (χ4v) is 1.78. The van der Waals surface area contributed by atoms with Crippen LogP contribution in [0.25, 0.3) is 0 Å². The molecule has 1 unspecified atom stereocenters. The van der Waals surface area contributed by atoms with Crippen LogP contribution in [0.4, 0.5) is 0 Å². The fourth-order valence-electron chi connectivity index (χ4n) is 1.78. The highest BCUT2D eigenvalue weighted by Crippen LogP contribution is 2.15. The van der Waals surface area contributed by atoms with Gasteiger partial charge in [-0.05, 0) is 33.8 Å². The molecular weight excluding hydrogens is 204 g/mol. The summed E-state index contributed by atoms with van der Waals surface area (Å²) in [4.78, 5) is 0. The Balaban J connectivity index is 2.70. The summed E-state index contributed by atoms with van der Waals surface area (Å²) in [5.41, 5.74) is 1.23. The average molecular weight is 226 g/mol. The van der Waals surface area contributed by atoms with Crippen molar-refractivity contribution in [2.45, 2.75) is 46.3 Å². The Morgan fingerprint density at radius 2 is 2.19 bits per heavy atom. The third-order valence-corrected chi connectivity index (χ3v) is 2.46. The molecule has 16 heavy (non-hydrogen) atoms. The predicted molar refractivity (Wildman–Crippen MR) is 63.5 cm³/mol. The number of rotatable bonds is 6. The second kappa shape index (κ2) is 5.46. The summed E-state index contributed by atoms with van der Waals surface area (Å²) in [6.07, 6.45) is 0.571. The van der Waals surface area contributed by atoms with Gasteiger partial charge in [0.1, 0.15) is 0 Å². The normalized spacial score (nSPS) is 15.1. The number of hydrogen-bond donors (Lipinski definition) is 1. The maximum atomic E-state index is 10.2. The molecule has 0 saturated heterocycles. The quantitative estimate of drug-likeness (QED) is 0.800. The summed E-state index contributed by atoms with van der Waals surface area (Å²) in [7, 11) is 0. The highest BCUT2D eigenvalue weighted by Gasteiger charge is 2.23. The Hall–Kier alpha value is -0.870. The first kappa shape index (κ1) is 13.2. The molecule has 1 aromatic rings. The zero-order valence-electron chi connectivity index (χ0n) is 10.7. The lowest BCUT2D eigenvalue weighted by atomic mass is 10.0. The van der Waals surface area contributed by atoms with Crippen LogP contribution in [0.3, 0.4) is 0 Å². The minimum Gasteiger partial charge on any atom is -0.387 e. The number of nitrogens with zero attached hydrogens (tertiary/aromatic N) is 2. The Morgan fingerprint density at radius 1 is 1.50 bits per heavy atom. The molecule has 0 amide bonds. The monoisotopic (exact) mass is 226 g/mol. The number of aliphatic hydroxyl groups is 1. The first-order valence-electron chi connectivity index (χ1n) is 5.82. The molecule has 0 aliphatic rings. The Bertz CT molecular complexity index is 332. The minimum absolute atomic E-state index is 0.359. The van der Waals surface area contributed by atoms with Crippen LogP contribution < -0.4 is 0 Å². The molecule has 1 rings (SSSR count). The molecule has 4 heteroatoms. The predicted octanol–water partition coefficient (Wildman–Crippen LogP) is 1.54. The number of aromatic nitrogens is 2. The third kappa shape index (κ3) is 3.61. The molecule has 0 spiro atoms. The summed E-state index contributed by atoms with van der Waals surface area (Å²) >= 11 is 0. The van der Waals surface area contributed by atoms with Crippen LogP contribution in [-0.4, -0.2) is 33.7 Å². The largest absolute Gasteiger partial charge is 0.387 e. The summed E-state index contributed by atoms with van der Waals surface area (Å²) in [5.74, 6) is 0. The van der Waals surface area contributed by atoms with Crippen molar-refractivity contribution in [3.8, 4) is 0 Å². The standard InChI is InChI=1S/C12H22N2O2/c1-5-14-11(7-10(3)13-14)8-12(4,15)9-16-6-2/h7,15H,5-6,8-9H2,1-4H3. The van der Waals surface area contributed by atoms with Gasteiger partial charge >= 0.3 is 0 Å². The first-order valence-corrected chi connectivity index (χ1v) is 5.82. The molecule has 0 fully saturated rings. The second-order valence-corrected chi connectivity index (χ2v) is 4.40. The zero-order chi connectivity index (χ0) is 12.2. The van der Waals surface area contributed by atoms with E-state index in [1.807, 2.05) is 31.5 Å². The molecule has 4 nitrogen and oxygen atoms in total. The van der Waals surface area contributed by atoms with Gasteiger partial charge in [-0.15, -0.1) is 0 Å². The topological polar surface area (TPSA) is 47.3 Å². The lowest BCUT2D eigenvalue weighted by molar-refractivity contribution is -0.0308. The maximum Gasteiger partial charge on any atom is 0.0907 e. The lowest BCUT2D eigenvalue weighted by Crippen LogP contribution is -2.34. The van der Waals surface area contributed by atoms with E-state index in [2.05, 4.69) is 5.10 Å². The molecule has 92 valence electrons. The van der Waals surface area contributed by atoms with Crippen molar-refractivity contribution in [1.82, 2.24) is 9.78 Å². The van der Waals surface area contributed by atoms with Gasteiger partial charge in [-0.2, -0.15) is 5.10 Å². The van der Waals surface area contributed by atoms with Crippen molar-refractivity contribution in [2.75, 3.05) is 13.2 Å². The van der Waals surface area contributed by atoms with Crippen molar-refractivity contribution in [2.24, 2.45) is 0 Å². The van der Waals surface area contributed by atoms with E-state index in [0.29, 0.717) is 19.6 Å². The zero-order valence-corrected chi connectivity index (χ0v) is 10.7. The summed E-state index contributed by atoms with van der Waals surface area (Å²) in [5, 5.41) is 14.5. The summed E-state index contributed by atoms with van der Waals surface area (Å²) in [6, 6.07) is 2.02. The molecule has 0 aliphatic heterocycles. The van der Waals surface area contributed by atoms with Crippen LogP contribution in [0.1, 0.15) is 32.2 Å². The Labute approximate surface area is 97.2 Å². The number of hydrogen-bond acceptors (Lipinski definition) is 3. The van der Waals surface area contributed by atoms with E-state index in [0.717, 1.165) is 17.9 Å². The van der Waals surface area contributed by atoms with E-state index >= 15 is 0 Å². The average Bonchev–Trinajstić information content (AvgIpc) is 2.55. The van der Waals surface area contributed by atoms with E-state index < -0.39 is 5.60 Å². The van der Waals surface area contributed by atoms with Gasteiger partial charge in [0.15, 0.2) is 0 Å². The first-order chi connectivity index (χ1) is 7.48. The van der Waals surface area contributed by atoms with Crippen LogP contribution in [0.15, 0.2) is 6.07 Å². The minimum atomic E-state index is -0.824. The van der Waals surface area contributed by atoms with E-state index in [-0.39, 0.29) is 0 Å². The molecule has 0 radical (unpaired) electrons. The molecule has 0 aliphatic carbocycles. The van der Waals surface area contributed by atoms with Crippen molar-refractivity contribution in [3.05, 3.63) is 17.5 Å². The van der Waals surface area contributed by atoms with Crippen LogP contribution in [0.2, 0.25) is 0 Å². The highest BCUT2D eigenvalue weighted by atomic mass is 16.5. The molecule has 1 N–H and O–H groups in total. The summed E-state index contributed by atoms with van der Waals surface area (Å²) < 4.78 is 7.20. The van der Waals surface area contributed by atoms with Crippen molar-refractivity contribution in [3.63, 3.8) is 0 Å². The molecular formula is C12H22N2O2. The van der Waals surface area contributed by atoms with Crippen LogP contribution in [0.5, 0.6) is 0 Å². The molecule has 1 aromatic heterocycles. The third-order valence-electron chi connectivity index (χ3n) is 2.46. The Morgan fingerprint density at radius 3 is 2.75 bits per heavy atom.